The lowest BCUT2D eigenvalue weighted by Gasteiger charge is -2.07. The van der Waals surface area contributed by atoms with E-state index in [2.05, 4.69) is 10.1 Å². The van der Waals surface area contributed by atoms with Gasteiger partial charge >= 0.3 is 12.1 Å². The van der Waals surface area contributed by atoms with Crippen LogP contribution < -0.4 is 0 Å². The summed E-state index contributed by atoms with van der Waals surface area (Å²) < 4.78 is 46.1. The molecule has 0 radical (unpaired) electrons. The fourth-order valence-corrected chi connectivity index (χ4v) is 2.65. The first-order chi connectivity index (χ1) is 11.8. The van der Waals surface area contributed by atoms with Crippen molar-refractivity contribution in [1.82, 2.24) is 14.8 Å². The van der Waals surface area contributed by atoms with Gasteiger partial charge in [0.25, 0.3) is 0 Å². The quantitative estimate of drug-likeness (QED) is 0.647. The van der Waals surface area contributed by atoms with Crippen LogP contribution in [0.15, 0.2) is 36.5 Å². The molecule has 0 saturated carbocycles. The van der Waals surface area contributed by atoms with Crippen molar-refractivity contribution in [2.24, 2.45) is 0 Å². The normalized spacial score (nSPS) is 11.7. The zero-order valence-electron chi connectivity index (χ0n) is 12.8. The molecule has 3 aromatic rings. The standard InChI is InChI=1S/C16H11ClF3N3O2/c1-2-25-15(24)10-8-21-14-11(12(10)17)13(16(18,19)20)22-23(14)9-6-4-3-5-7-9/h3-8H,2H2,1H3. The lowest BCUT2D eigenvalue weighted by Crippen LogP contribution is -2.09. The summed E-state index contributed by atoms with van der Waals surface area (Å²) >= 11 is 6.09. The average Bonchev–Trinajstić information content (AvgIpc) is 2.97. The summed E-state index contributed by atoms with van der Waals surface area (Å²) in [5.41, 5.74) is -1.17. The maximum Gasteiger partial charge on any atom is 0.435 e. The van der Waals surface area contributed by atoms with Gasteiger partial charge in [-0.05, 0) is 19.1 Å². The molecule has 130 valence electrons. The molecule has 0 saturated heterocycles. The minimum Gasteiger partial charge on any atom is -0.462 e. The number of hydrogen-bond acceptors (Lipinski definition) is 4. The van der Waals surface area contributed by atoms with Crippen molar-refractivity contribution < 1.29 is 22.7 Å². The molecule has 0 amide bonds. The van der Waals surface area contributed by atoms with Crippen molar-refractivity contribution in [3.63, 3.8) is 0 Å². The smallest absolute Gasteiger partial charge is 0.435 e. The Labute approximate surface area is 145 Å². The summed E-state index contributed by atoms with van der Waals surface area (Å²) in [5.74, 6) is -0.845. The Morgan fingerprint density at radius 3 is 2.56 bits per heavy atom. The van der Waals surface area contributed by atoms with Crippen LogP contribution in [-0.2, 0) is 10.9 Å². The van der Waals surface area contributed by atoms with E-state index < -0.39 is 28.2 Å². The van der Waals surface area contributed by atoms with Gasteiger partial charge in [0.1, 0.15) is 0 Å². The van der Waals surface area contributed by atoms with Crippen LogP contribution in [0, 0.1) is 0 Å². The Morgan fingerprint density at radius 2 is 1.96 bits per heavy atom. The molecule has 2 aromatic heterocycles. The third-order valence-corrected chi connectivity index (χ3v) is 3.79. The number of benzene rings is 1. The summed E-state index contributed by atoms with van der Waals surface area (Å²) in [6.07, 6.45) is -3.68. The van der Waals surface area contributed by atoms with E-state index in [-0.39, 0.29) is 17.8 Å². The van der Waals surface area contributed by atoms with Gasteiger partial charge in [-0.15, -0.1) is 0 Å². The summed E-state index contributed by atoms with van der Waals surface area (Å²) in [7, 11) is 0. The highest BCUT2D eigenvalue weighted by Gasteiger charge is 2.39. The van der Waals surface area contributed by atoms with Gasteiger partial charge in [0, 0.05) is 6.20 Å². The first-order valence-electron chi connectivity index (χ1n) is 7.21. The molecule has 0 aliphatic rings. The fraction of sp³-hybridized carbons (Fsp3) is 0.188. The van der Waals surface area contributed by atoms with Gasteiger partial charge in [0.15, 0.2) is 11.3 Å². The lowest BCUT2D eigenvalue weighted by molar-refractivity contribution is -0.140. The zero-order chi connectivity index (χ0) is 18.2. The number of halogens is 4. The summed E-state index contributed by atoms with van der Waals surface area (Å²) in [6.45, 7) is 1.63. The molecular weight excluding hydrogens is 359 g/mol. The second-order valence-corrected chi connectivity index (χ2v) is 5.38. The highest BCUT2D eigenvalue weighted by atomic mass is 35.5. The number of rotatable bonds is 3. The number of fused-ring (bicyclic) bond motifs is 1. The number of carbonyl (C=O) groups is 1. The second-order valence-electron chi connectivity index (χ2n) is 5.00. The monoisotopic (exact) mass is 369 g/mol. The molecule has 0 atom stereocenters. The van der Waals surface area contributed by atoms with Gasteiger partial charge < -0.3 is 4.74 Å². The number of para-hydroxylation sites is 1. The number of carbonyl (C=O) groups excluding carboxylic acids is 1. The molecule has 1 aromatic carbocycles. The molecular formula is C16H11ClF3N3O2. The molecule has 3 rings (SSSR count). The number of pyridine rings is 1. The van der Waals surface area contributed by atoms with Crippen molar-refractivity contribution in [3.8, 4) is 5.69 Å². The summed E-state index contributed by atoms with van der Waals surface area (Å²) in [5, 5.41) is 2.80. The molecule has 2 heterocycles. The van der Waals surface area contributed by atoms with Crippen LogP contribution in [0.1, 0.15) is 23.0 Å². The van der Waals surface area contributed by atoms with Crippen LogP contribution in [0.25, 0.3) is 16.7 Å². The van der Waals surface area contributed by atoms with Gasteiger partial charge in [-0.3, -0.25) is 0 Å². The topological polar surface area (TPSA) is 57.0 Å². The molecule has 0 N–H and O–H groups in total. The number of aromatic nitrogens is 3. The predicted octanol–water partition coefficient (Wildman–Crippen LogP) is 4.27. The summed E-state index contributed by atoms with van der Waals surface area (Å²) in [6, 6.07) is 8.21. The highest BCUT2D eigenvalue weighted by Crippen LogP contribution is 2.39. The van der Waals surface area contributed by atoms with Crippen molar-refractivity contribution in [2.75, 3.05) is 6.61 Å². The molecule has 5 nitrogen and oxygen atoms in total. The van der Waals surface area contributed by atoms with Crippen molar-refractivity contribution in [3.05, 3.63) is 52.8 Å². The maximum atomic E-state index is 13.4. The Balaban J connectivity index is 2.32. The van der Waals surface area contributed by atoms with Crippen molar-refractivity contribution >= 4 is 28.6 Å². The van der Waals surface area contributed by atoms with E-state index in [0.717, 1.165) is 10.9 Å². The van der Waals surface area contributed by atoms with Crippen molar-refractivity contribution in [1.29, 1.82) is 0 Å². The SMILES string of the molecule is CCOC(=O)c1cnc2c(c(C(F)(F)F)nn2-c2ccccc2)c1Cl. The second kappa shape index (κ2) is 6.36. The van der Waals surface area contributed by atoms with Crippen LogP contribution in [0.3, 0.4) is 0 Å². The summed E-state index contributed by atoms with van der Waals surface area (Å²) in [4.78, 5) is 15.9. The number of hydrogen-bond donors (Lipinski definition) is 0. The number of ether oxygens (including phenoxy) is 1. The number of nitrogens with zero attached hydrogens (tertiary/aromatic N) is 3. The van der Waals surface area contributed by atoms with E-state index in [1.165, 1.54) is 0 Å². The Bertz CT molecular complexity index is 939. The first-order valence-corrected chi connectivity index (χ1v) is 7.59. The molecule has 0 aliphatic heterocycles. The molecule has 9 heteroatoms. The molecule has 0 unspecified atom stereocenters. The average molecular weight is 370 g/mol. The minimum atomic E-state index is -4.77. The van der Waals surface area contributed by atoms with Gasteiger partial charge in [-0.1, -0.05) is 29.8 Å². The lowest BCUT2D eigenvalue weighted by atomic mass is 10.2. The van der Waals surface area contributed by atoms with Gasteiger partial charge in [0.05, 0.1) is 28.3 Å². The third kappa shape index (κ3) is 3.05. The largest absolute Gasteiger partial charge is 0.462 e. The Hall–Kier alpha value is -2.61. The van der Waals surface area contributed by atoms with E-state index in [9.17, 15) is 18.0 Å². The molecule has 0 bridgehead atoms. The van der Waals surface area contributed by atoms with Crippen LogP contribution in [0.2, 0.25) is 5.02 Å². The molecule has 0 spiro atoms. The van der Waals surface area contributed by atoms with Crippen LogP contribution >= 0.6 is 11.6 Å². The third-order valence-electron chi connectivity index (χ3n) is 3.40. The van der Waals surface area contributed by atoms with Crippen LogP contribution in [0.5, 0.6) is 0 Å². The number of esters is 1. The van der Waals surface area contributed by atoms with E-state index in [1.54, 1.807) is 37.3 Å². The zero-order valence-corrected chi connectivity index (χ0v) is 13.6. The van der Waals surface area contributed by atoms with E-state index in [0.29, 0.717) is 5.69 Å². The highest BCUT2D eigenvalue weighted by molar-refractivity contribution is 6.38. The molecule has 0 fully saturated rings. The Morgan fingerprint density at radius 1 is 1.28 bits per heavy atom. The van der Waals surface area contributed by atoms with Crippen molar-refractivity contribution in [2.45, 2.75) is 13.1 Å². The van der Waals surface area contributed by atoms with Crippen LogP contribution in [0.4, 0.5) is 13.2 Å². The fourth-order valence-electron chi connectivity index (χ4n) is 2.35. The van der Waals surface area contributed by atoms with E-state index >= 15 is 0 Å². The van der Waals surface area contributed by atoms with Gasteiger partial charge in [0.2, 0.25) is 0 Å². The molecule has 25 heavy (non-hydrogen) atoms. The minimum absolute atomic E-state index is 0.0581. The van der Waals surface area contributed by atoms with Crippen LogP contribution in [-0.4, -0.2) is 27.3 Å². The Kier molecular flexibility index (Phi) is 4.38. The van der Waals surface area contributed by atoms with Gasteiger partial charge in [-0.25, -0.2) is 14.5 Å². The first kappa shape index (κ1) is 17.2. The molecule has 0 aliphatic carbocycles. The van der Waals surface area contributed by atoms with E-state index in [1.807, 2.05) is 0 Å². The number of alkyl halides is 3. The maximum absolute atomic E-state index is 13.4. The van der Waals surface area contributed by atoms with Gasteiger partial charge in [-0.2, -0.15) is 18.3 Å². The van der Waals surface area contributed by atoms with E-state index in [4.69, 9.17) is 16.3 Å². The predicted molar refractivity (Wildman–Crippen MR) is 84.8 cm³/mol.